The first-order valence-electron chi connectivity index (χ1n) is 6.77. The van der Waals surface area contributed by atoms with Crippen LogP contribution in [0.25, 0.3) is 9.88 Å². The molecule has 3 heterocycles. The predicted molar refractivity (Wildman–Crippen MR) is 87.3 cm³/mol. The number of thiophene rings is 1. The molecule has 0 aliphatic rings. The highest BCUT2D eigenvalue weighted by Crippen LogP contribution is 2.30. The lowest BCUT2D eigenvalue weighted by Crippen LogP contribution is -2.22. The van der Waals surface area contributed by atoms with Gasteiger partial charge in [0, 0.05) is 0 Å². The first kappa shape index (κ1) is 14.9. The summed E-state index contributed by atoms with van der Waals surface area (Å²) in [5.41, 5.74) is 1.59. The van der Waals surface area contributed by atoms with E-state index in [4.69, 9.17) is 4.42 Å². The lowest BCUT2D eigenvalue weighted by atomic mass is 10.3. The average molecular weight is 333 g/mol. The second kappa shape index (κ2) is 6.02. The number of aryl methyl sites for hydroxylation is 3. The quantitative estimate of drug-likeness (QED) is 0.790. The van der Waals surface area contributed by atoms with E-state index in [1.165, 1.54) is 11.3 Å². The molecule has 0 radical (unpaired) electrons. The summed E-state index contributed by atoms with van der Waals surface area (Å²) in [6.07, 6.45) is 0. The van der Waals surface area contributed by atoms with E-state index in [2.05, 4.69) is 15.3 Å². The number of rotatable bonds is 4. The molecule has 0 aromatic carbocycles. The number of hydrogen-bond donors (Lipinski definition) is 1. The third kappa shape index (κ3) is 2.95. The summed E-state index contributed by atoms with van der Waals surface area (Å²) in [5.74, 6) is 1.15. The molecule has 0 unspecified atom stereocenters. The number of thiazole rings is 1. The van der Waals surface area contributed by atoms with Crippen LogP contribution in [-0.2, 0) is 6.54 Å². The Balaban J connectivity index is 1.72. The van der Waals surface area contributed by atoms with Gasteiger partial charge in [0.2, 0.25) is 5.89 Å². The first-order valence-corrected chi connectivity index (χ1v) is 8.46. The van der Waals surface area contributed by atoms with E-state index in [1.807, 2.05) is 38.3 Å². The number of nitrogens with one attached hydrogen (secondary N) is 1. The van der Waals surface area contributed by atoms with Crippen LogP contribution < -0.4 is 5.32 Å². The van der Waals surface area contributed by atoms with E-state index < -0.39 is 0 Å². The number of carbonyl (C=O) groups is 1. The summed E-state index contributed by atoms with van der Waals surface area (Å²) in [4.78, 5) is 22.7. The molecule has 1 N–H and O–H groups in total. The molecule has 22 heavy (non-hydrogen) atoms. The van der Waals surface area contributed by atoms with Gasteiger partial charge < -0.3 is 9.73 Å². The highest BCUT2D eigenvalue weighted by atomic mass is 32.1. The molecule has 0 aliphatic carbocycles. The molecular weight excluding hydrogens is 318 g/mol. The van der Waals surface area contributed by atoms with Crippen molar-refractivity contribution < 1.29 is 9.21 Å². The summed E-state index contributed by atoms with van der Waals surface area (Å²) in [6.45, 7) is 5.86. The molecular formula is C15H15N3O2S2. The van der Waals surface area contributed by atoms with Gasteiger partial charge in [-0.3, -0.25) is 4.79 Å². The van der Waals surface area contributed by atoms with Crippen molar-refractivity contribution >= 4 is 28.6 Å². The molecule has 114 valence electrons. The van der Waals surface area contributed by atoms with Gasteiger partial charge in [0.25, 0.3) is 5.91 Å². The van der Waals surface area contributed by atoms with Crippen molar-refractivity contribution in [2.75, 3.05) is 0 Å². The third-order valence-corrected chi connectivity index (χ3v) is 5.40. The van der Waals surface area contributed by atoms with E-state index in [9.17, 15) is 4.79 Å². The summed E-state index contributed by atoms with van der Waals surface area (Å²) >= 11 is 3.02. The minimum absolute atomic E-state index is 0.147. The molecule has 3 aromatic heterocycles. The van der Waals surface area contributed by atoms with Gasteiger partial charge in [0.05, 0.1) is 22.8 Å². The largest absolute Gasteiger partial charge is 0.444 e. The number of oxazole rings is 1. The Hall–Kier alpha value is -1.99. The van der Waals surface area contributed by atoms with Crippen molar-refractivity contribution in [1.29, 1.82) is 0 Å². The van der Waals surface area contributed by atoms with Crippen molar-refractivity contribution in [3.63, 3.8) is 0 Å². The van der Waals surface area contributed by atoms with Crippen molar-refractivity contribution in [2.45, 2.75) is 27.3 Å². The zero-order valence-corrected chi connectivity index (χ0v) is 14.1. The zero-order valence-electron chi connectivity index (χ0n) is 12.5. The lowest BCUT2D eigenvalue weighted by Gasteiger charge is -2.00. The Morgan fingerprint density at radius 2 is 2.09 bits per heavy atom. The number of amides is 1. The molecule has 0 fully saturated rings. The molecule has 7 heteroatoms. The Kier molecular flexibility index (Phi) is 4.08. The number of aromatic nitrogens is 2. The summed E-state index contributed by atoms with van der Waals surface area (Å²) in [7, 11) is 0. The van der Waals surface area contributed by atoms with Gasteiger partial charge in [0.1, 0.15) is 15.6 Å². The van der Waals surface area contributed by atoms with Crippen molar-refractivity contribution in [3.05, 3.63) is 45.4 Å². The highest BCUT2D eigenvalue weighted by molar-refractivity contribution is 7.22. The van der Waals surface area contributed by atoms with Crippen LogP contribution in [-0.4, -0.2) is 15.9 Å². The van der Waals surface area contributed by atoms with Gasteiger partial charge in [-0.15, -0.1) is 22.7 Å². The molecule has 0 saturated heterocycles. The maximum atomic E-state index is 12.3. The molecule has 3 rings (SSSR count). The zero-order chi connectivity index (χ0) is 15.7. The Morgan fingerprint density at radius 3 is 2.73 bits per heavy atom. The van der Waals surface area contributed by atoms with E-state index in [-0.39, 0.29) is 12.5 Å². The van der Waals surface area contributed by atoms with E-state index >= 15 is 0 Å². The van der Waals surface area contributed by atoms with Gasteiger partial charge >= 0.3 is 0 Å². The molecule has 0 bridgehead atoms. The van der Waals surface area contributed by atoms with Gasteiger partial charge in [-0.25, -0.2) is 9.97 Å². The van der Waals surface area contributed by atoms with Gasteiger partial charge in [-0.05, 0) is 32.2 Å². The topological polar surface area (TPSA) is 68.0 Å². The maximum Gasteiger partial charge on any atom is 0.263 e. The molecule has 5 nitrogen and oxygen atoms in total. The summed E-state index contributed by atoms with van der Waals surface area (Å²) in [6, 6.07) is 3.98. The average Bonchev–Trinajstić information content (AvgIpc) is 3.18. The number of hydrogen-bond acceptors (Lipinski definition) is 6. The maximum absolute atomic E-state index is 12.3. The van der Waals surface area contributed by atoms with Gasteiger partial charge in [-0.1, -0.05) is 6.07 Å². The summed E-state index contributed by atoms with van der Waals surface area (Å²) in [5, 5.41) is 5.71. The fraction of sp³-hybridized carbons (Fsp3) is 0.267. The van der Waals surface area contributed by atoms with Crippen LogP contribution in [0.1, 0.15) is 32.7 Å². The lowest BCUT2D eigenvalue weighted by molar-refractivity contribution is 0.0950. The molecule has 0 spiro atoms. The van der Waals surface area contributed by atoms with Crippen LogP contribution in [0.3, 0.4) is 0 Å². The fourth-order valence-electron chi connectivity index (χ4n) is 1.96. The number of nitrogens with zero attached hydrogens (tertiary/aromatic N) is 2. The standard InChI is InChI=1S/C15H15N3O2S2/c1-8-10(3)20-12(17-8)7-16-14(19)13-9(2)18-15(22-13)11-5-4-6-21-11/h4-6H,7H2,1-3H3,(H,16,19). The normalized spacial score (nSPS) is 10.9. The minimum Gasteiger partial charge on any atom is -0.444 e. The highest BCUT2D eigenvalue weighted by Gasteiger charge is 2.17. The van der Waals surface area contributed by atoms with E-state index in [0.29, 0.717) is 10.8 Å². The second-order valence-corrected chi connectivity index (χ2v) is 6.79. The molecule has 3 aromatic rings. The molecule has 1 amide bonds. The van der Waals surface area contributed by atoms with Crippen LogP contribution in [0.4, 0.5) is 0 Å². The monoisotopic (exact) mass is 333 g/mol. The van der Waals surface area contributed by atoms with E-state index in [0.717, 1.165) is 27.0 Å². The predicted octanol–water partition coefficient (Wildman–Crippen LogP) is 3.71. The van der Waals surface area contributed by atoms with Crippen LogP contribution in [0.5, 0.6) is 0 Å². The molecule has 0 atom stereocenters. The molecule has 0 aliphatic heterocycles. The van der Waals surface area contributed by atoms with Crippen LogP contribution in [0.2, 0.25) is 0 Å². The minimum atomic E-state index is -0.147. The van der Waals surface area contributed by atoms with Gasteiger partial charge in [-0.2, -0.15) is 0 Å². The van der Waals surface area contributed by atoms with Crippen LogP contribution in [0.15, 0.2) is 21.9 Å². The van der Waals surface area contributed by atoms with Crippen LogP contribution >= 0.6 is 22.7 Å². The Morgan fingerprint density at radius 1 is 1.27 bits per heavy atom. The van der Waals surface area contributed by atoms with Crippen molar-refractivity contribution in [2.24, 2.45) is 0 Å². The van der Waals surface area contributed by atoms with Gasteiger partial charge in [0.15, 0.2) is 0 Å². The summed E-state index contributed by atoms with van der Waals surface area (Å²) < 4.78 is 5.46. The third-order valence-electron chi connectivity index (χ3n) is 3.21. The Labute approximate surface area is 136 Å². The van der Waals surface area contributed by atoms with Crippen molar-refractivity contribution in [1.82, 2.24) is 15.3 Å². The van der Waals surface area contributed by atoms with Crippen molar-refractivity contribution in [3.8, 4) is 9.88 Å². The second-order valence-electron chi connectivity index (χ2n) is 4.84. The number of carbonyl (C=O) groups excluding carboxylic acids is 1. The molecule has 0 saturated carbocycles. The first-order chi connectivity index (χ1) is 10.5. The fourth-order valence-corrected chi connectivity index (χ4v) is 3.74. The van der Waals surface area contributed by atoms with E-state index in [1.54, 1.807) is 11.3 Å². The Bertz CT molecular complexity index is 783. The SMILES string of the molecule is Cc1nc(CNC(=O)c2sc(-c3cccs3)nc2C)oc1C. The van der Waals surface area contributed by atoms with Crippen LogP contribution in [0, 0.1) is 20.8 Å². The smallest absolute Gasteiger partial charge is 0.263 e.